The van der Waals surface area contributed by atoms with Crippen molar-refractivity contribution in [1.82, 2.24) is 10.2 Å². The van der Waals surface area contributed by atoms with Gasteiger partial charge in [-0.2, -0.15) is 0 Å². The number of sulfonamides is 1. The number of nitrogens with zero attached hydrogens (tertiary/aromatic N) is 3. The highest BCUT2D eigenvalue weighted by Crippen LogP contribution is 2.34. The molecule has 0 fully saturated rings. The van der Waals surface area contributed by atoms with E-state index in [1.54, 1.807) is 6.92 Å². The molecule has 2 amide bonds. The van der Waals surface area contributed by atoms with Crippen molar-refractivity contribution in [2.45, 2.75) is 39.8 Å². The van der Waals surface area contributed by atoms with Gasteiger partial charge < -0.3 is 15.0 Å². The first-order valence-electron chi connectivity index (χ1n) is 11.3. The maximum atomic E-state index is 13.6. The van der Waals surface area contributed by atoms with Gasteiger partial charge in [0, 0.05) is 25.2 Å². The van der Waals surface area contributed by atoms with Gasteiger partial charge in [0.1, 0.15) is 24.0 Å². The highest BCUT2D eigenvalue weighted by Gasteiger charge is 2.32. The Morgan fingerprint density at radius 2 is 1.86 bits per heavy atom. The number of nitrogens with one attached hydrogen (secondary N) is 1. The van der Waals surface area contributed by atoms with Crippen molar-refractivity contribution in [3.63, 3.8) is 0 Å². The molecular weight excluding hydrogens is 488 g/mol. The summed E-state index contributed by atoms with van der Waals surface area (Å²) in [6.45, 7) is 5.15. The normalized spacial score (nSPS) is 11.9. The molecule has 0 aromatic heterocycles. The summed E-state index contributed by atoms with van der Waals surface area (Å²) in [5.74, 6) is -0.993. The van der Waals surface area contributed by atoms with Crippen LogP contribution < -0.4 is 14.4 Å². The number of benzene rings is 2. The van der Waals surface area contributed by atoms with Gasteiger partial charge in [0.15, 0.2) is 0 Å². The van der Waals surface area contributed by atoms with Crippen molar-refractivity contribution in [3.05, 3.63) is 63.7 Å². The summed E-state index contributed by atoms with van der Waals surface area (Å²) >= 11 is 0. The Balaban J connectivity index is 2.51. The Labute approximate surface area is 211 Å². The molecule has 0 bridgehead atoms. The van der Waals surface area contributed by atoms with E-state index in [1.807, 2.05) is 38.1 Å². The number of carbonyl (C=O) groups excluding carboxylic acids is 2. The Bertz CT molecular complexity index is 1220. The van der Waals surface area contributed by atoms with Crippen LogP contribution in [0.3, 0.4) is 0 Å². The molecule has 196 valence electrons. The molecule has 1 atom stereocenters. The van der Waals surface area contributed by atoms with E-state index in [9.17, 15) is 28.1 Å². The molecule has 2 rings (SSSR count). The van der Waals surface area contributed by atoms with Gasteiger partial charge in [-0.15, -0.1) is 0 Å². The van der Waals surface area contributed by atoms with Gasteiger partial charge in [-0.3, -0.25) is 24.0 Å². The predicted molar refractivity (Wildman–Crippen MR) is 136 cm³/mol. The number of nitro benzene ring substituents is 1. The second kappa shape index (κ2) is 12.3. The van der Waals surface area contributed by atoms with Crippen molar-refractivity contribution in [2.75, 3.05) is 30.8 Å². The van der Waals surface area contributed by atoms with Crippen molar-refractivity contribution >= 4 is 33.2 Å². The van der Waals surface area contributed by atoms with E-state index < -0.39 is 33.4 Å². The first-order valence-corrected chi connectivity index (χ1v) is 13.2. The van der Waals surface area contributed by atoms with Gasteiger partial charge in [-0.05, 0) is 37.5 Å². The number of rotatable bonds is 12. The van der Waals surface area contributed by atoms with E-state index in [2.05, 4.69) is 5.32 Å². The zero-order valence-electron chi connectivity index (χ0n) is 21.1. The summed E-state index contributed by atoms with van der Waals surface area (Å²) < 4.78 is 31.5. The average molecular weight is 521 g/mol. The standard InChI is InChI=1S/C24H32N4O7S/c1-6-13-25-24(30)18(3)26(15-19-10-8-7-9-17(19)2)23(29)16-27(36(5,33)34)21-14-20(28(31)32)11-12-22(21)35-4/h7-12,14,18H,6,13,15-16H2,1-5H3,(H,25,30)/t18-/m1/s1. The highest BCUT2D eigenvalue weighted by atomic mass is 32.2. The minimum Gasteiger partial charge on any atom is -0.495 e. The number of aryl methyl sites for hydroxylation is 1. The summed E-state index contributed by atoms with van der Waals surface area (Å²) in [5.41, 5.74) is 1.18. The lowest BCUT2D eigenvalue weighted by Gasteiger charge is -2.32. The van der Waals surface area contributed by atoms with E-state index in [0.717, 1.165) is 27.8 Å². The first-order chi connectivity index (χ1) is 16.9. The number of non-ortho nitro benzene ring substituents is 1. The number of hydrogen-bond acceptors (Lipinski definition) is 7. The maximum Gasteiger partial charge on any atom is 0.271 e. The van der Waals surface area contributed by atoms with Crippen molar-refractivity contribution in [1.29, 1.82) is 0 Å². The van der Waals surface area contributed by atoms with E-state index >= 15 is 0 Å². The number of hydrogen-bond donors (Lipinski definition) is 1. The van der Waals surface area contributed by atoms with Crippen LogP contribution in [0.25, 0.3) is 0 Å². The quantitative estimate of drug-likeness (QED) is 0.335. The second-order valence-corrected chi connectivity index (χ2v) is 10.2. The summed E-state index contributed by atoms with van der Waals surface area (Å²) in [5, 5.41) is 14.1. The lowest BCUT2D eigenvalue weighted by atomic mass is 10.1. The van der Waals surface area contributed by atoms with Gasteiger partial charge in [-0.1, -0.05) is 31.2 Å². The van der Waals surface area contributed by atoms with Crippen LogP contribution in [-0.4, -0.2) is 62.6 Å². The van der Waals surface area contributed by atoms with E-state index in [0.29, 0.717) is 13.0 Å². The molecule has 0 aliphatic carbocycles. The molecule has 0 aliphatic heterocycles. The number of carbonyl (C=O) groups is 2. The van der Waals surface area contributed by atoms with Crippen LogP contribution in [-0.2, 0) is 26.2 Å². The Morgan fingerprint density at radius 1 is 1.19 bits per heavy atom. The van der Waals surface area contributed by atoms with E-state index in [4.69, 9.17) is 4.74 Å². The SMILES string of the molecule is CCCNC(=O)[C@@H](C)N(Cc1ccccc1C)C(=O)CN(c1cc([N+](=O)[O-])ccc1OC)S(C)(=O)=O. The fraction of sp³-hybridized carbons (Fsp3) is 0.417. The third-order valence-corrected chi connectivity index (χ3v) is 6.77. The smallest absolute Gasteiger partial charge is 0.271 e. The predicted octanol–water partition coefficient (Wildman–Crippen LogP) is 2.62. The highest BCUT2D eigenvalue weighted by molar-refractivity contribution is 7.92. The van der Waals surface area contributed by atoms with Crippen LogP contribution in [0, 0.1) is 17.0 Å². The molecule has 0 heterocycles. The Hall–Kier alpha value is -3.67. The fourth-order valence-corrected chi connectivity index (χ4v) is 4.38. The van der Waals surface area contributed by atoms with Crippen LogP contribution in [0.2, 0.25) is 0 Å². The zero-order chi connectivity index (χ0) is 27.0. The molecule has 0 unspecified atom stereocenters. The van der Waals surface area contributed by atoms with Crippen LogP contribution >= 0.6 is 0 Å². The third kappa shape index (κ3) is 7.17. The minimum absolute atomic E-state index is 0.0398. The third-order valence-electron chi connectivity index (χ3n) is 5.64. The summed E-state index contributed by atoms with van der Waals surface area (Å²) in [7, 11) is -2.79. The molecular formula is C24H32N4O7S. The van der Waals surface area contributed by atoms with Crippen LogP contribution in [0.1, 0.15) is 31.4 Å². The molecule has 12 heteroatoms. The zero-order valence-corrected chi connectivity index (χ0v) is 21.9. The number of anilines is 1. The summed E-state index contributed by atoms with van der Waals surface area (Å²) in [6.07, 6.45) is 1.60. The molecule has 0 saturated heterocycles. The van der Waals surface area contributed by atoms with E-state index in [1.165, 1.54) is 24.1 Å². The molecule has 0 radical (unpaired) electrons. The van der Waals surface area contributed by atoms with Gasteiger partial charge in [0.2, 0.25) is 21.8 Å². The van der Waals surface area contributed by atoms with Crippen molar-refractivity contribution < 1.29 is 27.7 Å². The van der Waals surface area contributed by atoms with Crippen LogP contribution in [0.4, 0.5) is 11.4 Å². The summed E-state index contributed by atoms with van der Waals surface area (Å²) in [4.78, 5) is 38.3. The number of ether oxygens (including phenoxy) is 1. The molecule has 0 spiro atoms. The van der Waals surface area contributed by atoms with Crippen LogP contribution in [0.5, 0.6) is 5.75 Å². The molecule has 0 saturated carbocycles. The molecule has 2 aromatic rings. The largest absolute Gasteiger partial charge is 0.495 e. The monoisotopic (exact) mass is 520 g/mol. The summed E-state index contributed by atoms with van der Waals surface area (Å²) in [6, 6.07) is 9.93. The molecule has 2 aromatic carbocycles. The van der Waals surface area contributed by atoms with Gasteiger partial charge >= 0.3 is 0 Å². The molecule has 11 nitrogen and oxygen atoms in total. The van der Waals surface area contributed by atoms with Gasteiger partial charge in [0.05, 0.1) is 18.3 Å². The maximum absolute atomic E-state index is 13.6. The lowest BCUT2D eigenvalue weighted by Crippen LogP contribution is -2.51. The number of nitro groups is 1. The fourth-order valence-electron chi connectivity index (χ4n) is 3.53. The molecule has 0 aliphatic rings. The first kappa shape index (κ1) is 28.6. The lowest BCUT2D eigenvalue weighted by molar-refractivity contribution is -0.384. The Morgan fingerprint density at radius 3 is 2.42 bits per heavy atom. The van der Waals surface area contributed by atoms with Gasteiger partial charge in [0.25, 0.3) is 5.69 Å². The number of methoxy groups -OCH3 is 1. The molecule has 1 N–H and O–H groups in total. The number of amides is 2. The van der Waals surface area contributed by atoms with E-state index in [-0.39, 0.29) is 29.6 Å². The van der Waals surface area contributed by atoms with Gasteiger partial charge in [-0.25, -0.2) is 8.42 Å². The van der Waals surface area contributed by atoms with Crippen molar-refractivity contribution in [2.24, 2.45) is 0 Å². The van der Waals surface area contributed by atoms with Crippen LogP contribution in [0.15, 0.2) is 42.5 Å². The Kier molecular flexibility index (Phi) is 9.79. The minimum atomic E-state index is -4.08. The topological polar surface area (TPSA) is 139 Å². The molecule has 36 heavy (non-hydrogen) atoms. The second-order valence-electron chi connectivity index (χ2n) is 8.30. The van der Waals surface area contributed by atoms with Crippen molar-refractivity contribution in [3.8, 4) is 5.75 Å². The average Bonchev–Trinajstić information content (AvgIpc) is 2.83.